The van der Waals surface area contributed by atoms with E-state index in [0.29, 0.717) is 23.5 Å². The van der Waals surface area contributed by atoms with Crippen LogP contribution in [-0.4, -0.2) is 21.1 Å². The minimum Gasteiger partial charge on any atom is -0.289 e. The van der Waals surface area contributed by atoms with Gasteiger partial charge in [-0.25, -0.2) is 4.99 Å². The minimum atomic E-state index is -0.916. The summed E-state index contributed by atoms with van der Waals surface area (Å²) in [6.07, 6.45) is 1.22. The predicted molar refractivity (Wildman–Crippen MR) is 119 cm³/mol. The van der Waals surface area contributed by atoms with Crippen LogP contribution in [0.4, 0.5) is 34.1 Å². The van der Waals surface area contributed by atoms with Gasteiger partial charge in [0.25, 0.3) is 5.69 Å². The van der Waals surface area contributed by atoms with E-state index in [1.807, 2.05) is 26.0 Å². The molecule has 0 fully saturated rings. The van der Waals surface area contributed by atoms with Gasteiger partial charge in [0, 0.05) is 5.69 Å². The summed E-state index contributed by atoms with van der Waals surface area (Å²) in [6.45, 7) is 3.74. The third kappa shape index (κ3) is 4.73. The average molecular weight is 435 g/mol. The Morgan fingerprint density at radius 1 is 0.750 bits per heavy atom. The molecule has 3 aromatic rings. The molecule has 0 unspecified atom stereocenters. The number of benzene rings is 3. The predicted octanol–water partition coefficient (Wildman–Crippen LogP) is 5.53. The molecule has 32 heavy (non-hydrogen) atoms. The highest BCUT2D eigenvalue weighted by Crippen LogP contribution is 2.43. The van der Waals surface area contributed by atoms with Crippen LogP contribution in [0, 0.1) is 44.2 Å². The fraction of sp³-hybridized carbons (Fsp3) is 0.0952. The van der Waals surface area contributed by atoms with Gasteiger partial charge in [0.1, 0.15) is 6.34 Å². The maximum atomic E-state index is 11.8. The third-order valence-corrected chi connectivity index (χ3v) is 4.57. The highest BCUT2D eigenvalue weighted by Gasteiger charge is 2.34. The number of non-ortho nitro benzene ring substituents is 1. The molecule has 0 amide bonds. The van der Waals surface area contributed by atoms with E-state index in [4.69, 9.17) is 0 Å². The molecule has 0 aromatic heterocycles. The maximum Gasteiger partial charge on any atom is 0.307 e. The van der Waals surface area contributed by atoms with E-state index >= 15 is 0 Å². The van der Waals surface area contributed by atoms with Crippen LogP contribution in [0.1, 0.15) is 11.1 Å². The molecule has 162 valence electrons. The lowest BCUT2D eigenvalue weighted by molar-refractivity contribution is -0.402. The van der Waals surface area contributed by atoms with Crippen molar-refractivity contribution in [3.8, 4) is 0 Å². The topological polar surface area (TPSA) is 145 Å². The van der Waals surface area contributed by atoms with Crippen molar-refractivity contribution in [2.24, 2.45) is 4.99 Å². The first-order valence-corrected chi connectivity index (χ1v) is 9.25. The highest BCUT2D eigenvalue weighted by molar-refractivity contribution is 5.98. The second kappa shape index (κ2) is 9.00. The quantitative estimate of drug-likeness (QED) is 0.205. The van der Waals surface area contributed by atoms with Crippen LogP contribution in [-0.2, 0) is 0 Å². The Morgan fingerprint density at radius 2 is 1.22 bits per heavy atom. The van der Waals surface area contributed by atoms with Gasteiger partial charge in [0.15, 0.2) is 0 Å². The fourth-order valence-electron chi connectivity index (χ4n) is 2.93. The molecule has 3 rings (SSSR count). The Hall–Kier alpha value is -4.67. The van der Waals surface area contributed by atoms with Crippen molar-refractivity contribution in [1.82, 2.24) is 0 Å². The summed E-state index contributed by atoms with van der Waals surface area (Å²) >= 11 is 0. The first-order valence-electron chi connectivity index (χ1n) is 9.25. The van der Waals surface area contributed by atoms with E-state index in [9.17, 15) is 30.3 Å². The van der Waals surface area contributed by atoms with Crippen LogP contribution in [0.15, 0.2) is 65.7 Å². The lowest BCUT2D eigenvalue weighted by Crippen LogP contribution is -2.18. The Balaban J connectivity index is 2.29. The number of hydrogen-bond donors (Lipinski definition) is 0. The lowest BCUT2D eigenvalue weighted by Gasteiger charge is -2.20. The van der Waals surface area contributed by atoms with Gasteiger partial charge in [-0.3, -0.25) is 35.2 Å². The molecule has 0 saturated carbocycles. The Bertz CT molecular complexity index is 1190. The van der Waals surface area contributed by atoms with Crippen LogP contribution >= 0.6 is 0 Å². The summed E-state index contributed by atoms with van der Waals surface area (Å²) in [6, 6.07) is 15.2. The average Bonchev–Trinajstić information content (AvgIpc) is 2.75. The van der Waals surface area contributed by atoms with Gasteiger partial charge in [-0.05, 0) is 38.1 Å². The monoisotopic (exact) mass is 435 g/mol. The number of nitro groups is 3. The zero-order chi connectivity index (χ0) is 23.4. The molecule has 11 heteroatoms. The smallest absolute Gasteiger partial charge is 0.289 e. The second-order valence-electron chi connectivity index (χ2n) is 6.89. The molecule has 11 nitrogen and oxygen atoms in total. The fourth-order valence-corrected chi connectivity index (χ4v) is 2.93. The highest BCUT2D eigenvalue weighted by atomic mass is 16.6. The molecule has 3 aromatic carbocycles. The lowest BCUT2D eigenvalue weighted by atomic mass is 10.1. The van der Waals surface area contributed by atoms with E-state index in [-0.39, 0.29) is 0 Å². The van der Waals surface area contributed by atoms with Gasteiger partial charge in [-0.2, -0.15) is 0 Å². The van der Waals surface area contributed by atoms with Crippen molar-refractivity contribution in [1.29, 1.82) is 0 Å². The van der Waals surface area contributed by atoms with E-state index in [0.717, 1.165) is 11.1 Å². The van der Waals surface area contributed by atoms with Crippen LogP contribution in [0.3, 0.4) is 0 Å². The minimum absolute atomic E-state index is 0.353. The first-order chi connectivity index (χ1) is 15.2. The molecule has 0 aliphatic rings. The van der Waals surface area contributed by atoms with E-state index in [1.165, 1.54) is 11.2 Å². The number of anilines is 2. The normalized spacial score (nSPS) is 10.8. The molecule has 0 saturated heterocycles. The van der Waals surface area contributed by atoms with Gasteiger partial charge < -0.3 is 0 Å². The van der Waals surface area contributed by atoms with Gasteiger partial charge in [0.2, 0.25) is 5.69 Å². The van der Waals surface area contributed by atoms with Crippen molar-refractivity contribution in [3.63, 3.8) is 0 Å². The molecule has 0 aliphatic heterocycles. The zero-order valence-electron chi connectivity index (χ0n) is 17.0. The third-order valence-electron chi connectivity index (χ3n) is 4.57. The first kappa shape index (κ1) is 22.0. The molecule has 0 heterocycles. The van der Waals surface area contributed by atoms with E-state index in [2.05, 4.69) is 4.99 Å². The van der Waals surface area contributed by atoms with Crippen LogP contribution in [0.25, 0.3) is 0 Å². The number of nitro benzene ring substituents is 3. The van der Waals surface area contributed by atoms with Crippen LogP contribution in [0.2, 0.25) is 0 Å². The van der Waals surface area contributed by atoms with Gasteiger partial charge in [-0.1, -0.05) is 35.4 Å². The summed E-state index contributed by atoms with van der Waals surface area (Å²) < 4.78 is 0. The Morgan fingerprint density at radius 3 is 1.66 bits per heavy atom. The van der Waals surface area contributed by atoms with Crippen molar-refractivity contribution >= 4 is 40.5 Å². The van der Waals surface area contributed by atoms with Crippen molar-refractivity contribution in [3.05, 3.63) is 102 Å². The summed E-state index contributed by atoms with van der Waals surface area (Å²) in [5, 5.41) is 34.7. The Kier molecular flexibility index (Phi) is 6.19. The number of rotatable bonds is 7. The van der Waals surface area contributed by atoms with E-state index in [1.54, 1.807) is 36.4 Å². The molecule has 0 N–H and O–H groups in total. The Labute approximate surface area is 181 Å². The number of aliphatic imine (C=N–C) groups is 1. The summed E-state index contributed by atoms with van der Waals surface area (Å²) in [5.74, 6) is 0. The summed E-state index contributed by atoms with van der Waals surface area (Å²) in [5.41, 5.74) is -0.00948. The molecular weight excluding hydrogens is 418 g/mol. The zero-order valence-corrected chi connectivity index (χ0v) is 17.0. The van der Waals surface area contributed by atoms with Gasteiger partial charge in [-0.15, -0.1) is 0 Å². The molecule has 0 radical (unpaired) electrons. The van der Waals surface area contributed by atoms with Crippen molar-refractivity contribution in [2.45, 2.75) is 13.8 Å². The summed E-state index contributed by atoms with van der Waals surface area (Å²) in [7, 11) is 0. The molecule has 0 bridgehead atoms. The van der Waals surface area contributed by atoms with Crippen LogP contribution < -0.4 is 4.90 Å². The van der Waals surface area contributed by atoms with Gasteiger partial charge >= 0.3 is 11.4 Å². The second-order valence-corrected chi connectivity index (χ2v) is 6.89. The number of hydrogen-bond acceptors (Lipinski definition) is 7. The standard InChI is InChI=1S/C21H17N5O6/c1-14-3-7-16(8-4-14)22-13-23(17-9-5-15(2)6-10-17)21-19(25(29)30)11-18(24(27)28)12-20(21)26(31)32/h3-13H,1-2H3. The largest absolute Gasteiger partial charge is 0.307 e. The molecule has 0 aliphatic carbocycles. The SMILES string of the molecule is Cc1ccc(N=CN(c2ccc(C)cc2)c2c([N+](=O)[O-])cc([N+](=O)[O-])cc2[N+](=O)[O-])cc1. The molecular formula is C21H17N5O6. The summed E-state index contributed by atoms with van der Waals surface area (Å²) in [4.78, 5) is 37.5. The van der Waals surface area contributed by atoms with E-state index < -0.39 is 37.5 Å². The van der Waals surface area contributed by atoms with Gasteiger partial charge in [0.05, 0.1) is 32.6 Å². The maximum absolute atomic E-state index is 11.8. The molecule has 0 atom stereocenters. The van der Waals surface area contributed by atoms with Crippen molar-refractivity contribution < 1.29 is 14.8 Å². The number of aryl methyl sites for hydroxylation is 2. The number of nitrogens with zero attached hydrogens (tertiary/aromatic N) is 5. The van der Waals surface area contributed by atoms with Crippen molar-refractivity contribution in [2.75, 3.05) is 4.90 Å². The van der Waals surface area contributed by atoms with Crippen LogP contribution in [0.5, 0.6) is 0 Å². The molecule has 0 spiro atoms.